The summed E-state index contributed by atoms with van der Waals surface area (Å²) in [5.41, 5.74) is 0. The van der Waals surface area contributed by atoms with E-state index in [-0.39, 0.29) is 15.6 Å². The molecular weight excluding hydrogens is 421 g/mol. The summed E-state index contributed by atoms with van der Waals surface area (Å²) in [4.78, 5) is -0.195. The number of hydrogen-bond acceptors (Lipinski definition) is 6. The number of halogens is 1. The van der Waals surface area contributed by atoms with Crippen molar-refractivity contribution in [3.05, 3.63) is 78.5 Å². The third kappa shape index (κ3) is 4.66. The summed E-state index contributed by atoms with van der Waals surface area (Å²) in [5, 5.41) is -1.34. The third-order valence-electron chi connectivity index (χ3n) is 4.21. The fraction of sp³-hybridized carbons (Fsp3) is 0.158. The molecule has 7 nitrogen and oxygen atoms in total. The van der Waals surface area contributed by atoms with E-state index in [0.717, 1.165) is 24.3 Å². The largest absolute Gasteiger partial charge is 0.497 e. The zero-order chi connectivity index (χ0) is 21.1. The molecule has 3 rings (SSSR count). The van der Waals surface area contributed by atoms with Crippen LogP contribution in [0.3, 0.4) is 0 Å². The number of rotatable bonds is 8. The van der Waals surface area contributed by atoms with Crippen LogP contribution in [0.2, 0.25) is 0 Å². The van der Waals surface area contributed by atoms with Crippen molar-refractivity contribution < 1.29 is 30.4 Å². The highest BCUT2D eigenvalue weighted by Crippen LogP contribution is 2.29. The van der Waals surface area contributed by atoms with Crippen molar-refractivity contribution in [3.8, 4) is 5.75 Å². The van der Waals surface area contributed by atoms with Gasteiger partial charge in [0.25, 0.3) is 0 Å². The molecule has 0 radical (unpaired) electrons. The van der Waals surface area contributed by atoms with Gasteiger partial charge >= 0.3 is 0 Å². The predicted molar refractivity (Wildman–Crippen MR) is 103 cm³/mol. The molecule has 1 unspecified atom stereocenters. The fourth-order valence-corrected chi connectivity index (χ4v) is 5.39. The molecule has 0 saturated carbocycles. The summed E-state index contributed by atoms with van der Waals surface area (Å²) in [6, 6.07) is 12.9. The summed E-state index contributed by atoms with van der Waals surface area (Å²) < 4.78 is 77.0. The van der Waals surface area contributed by atoms with Crippen LogP contribution in [-0.2, 0) is 19.9 Å². The van der Waals surface area contributed by atoms with E-state index in [1.807, 2.05) is 0 Å². The first-order valence-electron chi connectivity index (χ1n) is 8.40. The minimum Gasteiger partial charge on any atom is -0.497 e. The molecule has 1 aromatic heterocycles. The lowest BCUT2D eigenvalue weighted by Crippen LogP contribution is -2.31. The van der Waals surface area contributed by atoms with Crippen LogP contribution in [0.5, 0.6) is 5.75 Å². The minimum atomic E-state index is -4.06. The average Bonchev–Trinajstić information content (AvgIpc) is 3.22. The SMILES string of the molecule is COc1ccc(S(=O)(=O)NCC(c2ccco2)S(=O)(=O)c2ccc(F)cc2)cc1. The number of sulfone groups is 1. The van der Waals surface area contributed by atoms with Crippen molar-refractivity contribution in [2.24, 2.45) is 0 Å². The molecule has 0 amide bonds. The zero-order valence-electron chi connectivity index (χ0n) is 15.3. The Morgan fingerprint density at radius 2 is 1.59 bits per heavy atom. The Hall–Kier alpha value is -2.69. The first-order chi connectivity index (χ1) is 13.7. The number of sulfonamides is 1. The standard InChI is InChI=1S/C19H18FNO6S2/c1-26-15-6-10-17(11-7-15)29(24,25)21-13-19(18-3-2-12-27-18)28(22,23)16-8-4-14(20)5-9-16/h2-12,19,21H,13H2,1H3. The Bertz CT molecular complexity index is 1160. The second-order valence-corrected chi connectivity index (χ2v) is 9.93. The van der Waals surface area contributed by atoms with E-state index < -0.39 is 37.5 Å². The maximum absolute atomic E-state index is 13.2. The molecule has 2 aromatic carbocycles. The van der Waals surface area contributed by atoms with E-state index in [9.17, 15) is 21.2 Å². The van der Waals surface area contributed by atoms with Crippen LogP contribution < -0.4 is 9.46 Å². The molecular formula is C19H18FNO6S2. The molecule has 0 spiro atoms. The lowest BCUT2D eigenvalue weighted by Gasteiger charge is -2.17. The monoisotopic (exact) mass is 439 g/mol. The van der Waals surface area contributed by atoms with Crippen LogP contribution in [0.15, 0.2) is 81.1 Å². The maximum atomic E-state index is 13.2. The van der Waals surface area contributed by atoms with E-state index in [2.05, 4.69) is 4.72 Å². The highest BCUT2D eigenvalue weighted by Gasteiger charge is 2.33. The van der Waals surface area contributed by atoms with Gasteiger partial charge < -0.3 is 9.15 Å². The second kappa shape index (κ2) is 8.36. The van der Waals surface area contributed by atoms with Crippen molar-refractivity contribution >= 4 is 19.9 Å². The van der Waals surface area contributed by atoms with Crippen LogP contribution in [0.4, 0.5) is 4.39 Å². The van der Waals surface area contributed by atoms with Gasteiger partial charge in [0.1, 0.15) is 22.6 Å². The molecule has 1 N–H and O–H groups in total. The van der Waals surface area contributed by atoms with E-state index in [0.29, 0.717) is 5.75 Å². The van der Waals surface area contributed by atoms with Crippen LogP contribution in [-0.4, -0.2) is 30.5 Å². The second-order valence-electron chi connectivity index (χ2n) is 6.03. The number of ether oxygens (including phenoxy) is 1. The molecule has 0 aliphatic carbocycles. The fourth-order valence-electron chi connectivity index (χ4n) is 2.65. The highest BCUT2D eigenvalue weighted by molar-refractivity contribution is 7.92. The molecule has 0 bridgehead atoms. The number of benzene rings is 2. The van der Waals surface area contributed by atoms with Crippen LogP contribution in [0.25, 0.3) is 0 Å². The molecule has 0 aliphatic heterocycles. The summed E-state index contributed by atoms with van der Waals surface area (Å²) >= 11 is 0. The van der Waals surface area contributed by atoms with Gasteiger partial charge in [-0.2, -0.15) is 0 Å². The lowest BCUT2D eigenvalue weighted by atomic mass is 10.3. The van der Waals surface area contributed by atoms with Crippen LogP contribution in [0.1, 0.15) is 11.0 Å². The van der Waals surface area contributed by atoms with E-state index in [1.54, 1.807) is 0 Å². The van der Waals surface area contributed by atoms with E-state index in [1.165, 1.54) is 49.8 Å². The van der Waals surface area contributed by atoms with Crippen molar-refractivity contribution in [1.29, 1.82) is 0 Å². The van der Waals surface area contributed by atoms with Gasteiger partial charge in [0.05, 0.1) is 23.2 Å². The Kier molecular flexibility index (Phi) is 6.06. The highest BCUT2D eigenvalue weighted by atomic mass is 32.2. The number of hydrogen-bond donors (Lipinski definition) is 1. The molecule has 154 valence electrons. The Labute approximate surface area is 168 Å². The number of furan rings is 1. The van der Waals surface area contributed by atoms with Gasteiger partial charge in [-0.05, 0) is 60.7 Å². The van der Waals surface area contributed by atoms with Crippen molar-refractivity contribution in [2.75, 3.05) is 13.7 Å². The smallest absolute Gasteiger partial charge is 0.240 e. The van der Waals surface area contributed by atoms with Crippen LogP contribution in [0, 0.1) is 5.82 Å². The molecule has 1 heterocycles. The Morgan fingerprint density at radius 1 is 0.966 bits per heavy atom. The van der Waals surface area contributed by atoms with Gasteiger partial charge in [0.15, 0.2) is 9.84 Å². The van der Waals surface area contributed by atoms with E-state index in [4.69, 9.17) is 9.15 Å². The van der Waals surface area contributed by atoms with Crippen LogP contribution >= 0.6 is 0 Å². The molecule has 0 saturated heterocycles. The molecule has 0 aliphatic rings. The van der Waals surface area contributed by atoms with Gasteiger partial charge in [-0.3, -0.25) is 0 Å². The zero-order valence-corrected chi connectivity index (χ0v) is 16.9. The van der Waals surface area contributed by atoms with Crippen molar-refractivity contribution in [1.82, 2.24) is 4.72 Å². The quantitative estimate of drug-likeness (QED) is 0.542. The summed E-state index contributed by atoms with van der Waals surface area (Å²) in [7, 11) is -6.60. The topological polar surface area (TPSA) is 103 Å². The van der Waals surface area contributed by atoms with Crippen molar-refractivity contribution in [2.45, 2.75) is 15.0 Å². The van der Waals surface area contributed by atoms with Gasteiger partial charge in [-0.1, -0.05) is 0 Å². The molecule has 29 heavy (non-hydrogen) atoms. The number of methoxy groups -OCH3 is 1. The third-order valence-corrected chi connectivity index (χ3v) is 7.72. The maximum Gasteiger partial charge on any atom is 0.240 e. The van der Waals surface area contributed by atoms with Gasteiger partial charge in [0.2, 0.25) is 10.0 Å². The first-order valence-corrected chi connectivity index (χ1v) is 11.4. The molecule has 0 fully saturated rings. The summed E-state index contributed by atoms with van der Waals surface area (Å²) in [6.07, 6.45) is 1.29. The summed E-state index contributed by atoms with van der Waals surface area (Å²) in [5.74, 6) is -0.0400. The minimum absolute atomic E-state index is 0.0457. The number of nitrogens with one attached hydrogen (secondary N) is 1. The van der Waals surface area contributed by atoms with E-state index >= 15 is 0 Å². The average molecular weight is 439 g/mol. The normalized spacial score (nSPS) is 13.2. The Balaban J connectivity index is 1.89. The first kappa shape index (κ1) is 21.0. The summed E-state index contributed by atoms with van der Waals surface area (Å²) in [6.45, 7) is -0.471. The van der Waals surface area contributed by atoms with Gasteiger partial charge in [0, 0.05) is 6.54 Å². The lowest BCUT2D eigenvalue weighted by molar-refractivity contribution is 0.414. The van der Waals surface area contributed by atoms with Gasteiger partial charge in [-0.15, -0.1) is 0 Å². The molecule has 1 atom stereocenters. The molecule has 3 aromatic rings. The Morgan fingerprint density at radius 3 is 2.14 bits per heavy atom. The predicted octanol–water partition coefficient (Wildman–Crippen LogP) is 2.92. The molecule has 10 heteroatoms. The van der Waals surface area contributed by atoms with Crippen molar-refractivity contribution in [3.63, 3.8) is 0 Å². The van der Waals surface area contributed by atoms with Gasteiger partial charge in [-0.25, -0.2) is 25.9 Å².